The minimum Gasteiger partial charge on any atom is -0.427 e. The first kappa shape index (κ1) is 20.3. The third-order valence-corrected chi connectivity index (χ3v) is 5.84. The van der Waals surface area contributed by atoms with Crippen molar-refractivity contribution in [2.45, 2.75) is 45.8 Å². The third kappa shape index (κ3) is 3.53. The molecule has 0 radical (unpaired) electrons. The number of benzene rings is 1. The van der Waals surface area contributed by atoms with Crippen LogP contribution in [-0.2, 0) is 4.65 Å². The van der Waals surface area contributed by atoms with Gasteiger partial charge in [0.15, 0.2) is 16.9 Å². The molecule has 0 unspecified atom stereocenters. The highest BCUT2D eigenvalue weighted by Crippen LogP contribution is 2.24. The van der Waals surface area contributed by atoms with Crippen LogP contribution in [0.15, 0.2) is 47.4 Å². The van der Waals surface area contributed by atoms with Gasteiger partial charge in [0, 0.05) is 22.7 Å². The van der Waals surface area contributed by atoms with E-state index in [1.54, 1.807) is 25.3 Å². The normalized spacial score (nSPS) is 12.6. The molecule has 3 heterocycles. The van der Waals surface area contributed by atoms with Gasteiger partial charge in [0.25, 0.3) is 0 Å². The Morgan fingerprint density at radius 3 is 2.60 bits per heavy atom. The summed E-state index contributed by atoms with van der Waals surface area (Å²) >= 11 is 0. The van der Waals surface area contributed by atoms with Crippen LogP contribution in [0.3, 0.4) is 0 Å². The maximum absolute atomic E-state index is 12.7. The van der Waals surface area contributed by atoms with Crippen molar-refractivity contribution in [3.63, 3.8) is 0 Å². The summed E-state index contributed by atoms with van der Waals surface area (Å²) in [5, 5.41) is 15.5. The number of pyridine rings is 2. The Bertz CT molecular complexity index is 1300. The van der Waals surface area contributed by atoms with Crippen molar-refractivity contribution in [1.29, 1.82) is 0 Å². The molecule has 0 saturated heterocycles. The van der Waals surface area contributed by atoms with Crippen LogP contribution in [0, 0.1) is 6.92 Å². The summed E-state index contributed by atoms with van der Waals surface area (Å²) in [6.45, 7) is 8.96. The zero-order valence-electron chi connectivity index (χ0n) is 17.9. The molecule has 3 aromatic heterocycles. The van der Waals surface area contributed by atoms with E-state index in [1.807, 2.05) is 56.4 Å². The van der Waals surface area contributed by atoms with Gasteiger partial charge in [0.2, 0.25) is 0 Å². The molecule has 7 nitrogen and oxygen atoms in total. The second-order valence-electron chi connectivity index (χ2n) is 8.63. The van der Waals surface area contributed by atoms with Crippen LogP contribution in [0.1, 0.15) is 33.3 Å². The van der Waals surface area contributed by atoms with Crippen LogP contribution >= 0.6 is 0 Å². The predicted octanol–water partition coefficient (Wildman–Crippen LogP) is 2.09. The summed E-state index contributed by atoms with van der Waals surface area (Å²) in [7, 11) is 0.327. The quantitative estimate of drug-likeness (QED) is 0.497. The fourth-order valence-electron chi connectivity index (χ4n) is 3.12. The van der Waals surface area contributed by atoms with Crippen LogP contribution in [0.2, 0.25) is 0 Å². The summed E-state index contributed by atoms with van der Waals surface area (Å²) in [5.74, 6) is 0.463. The molecule has 0 aliphatic carbocycles. The van der Waals surface area contributed by atoms with E-state index in [9.17, 15) is 9.90 Å². The highest BCUT2D eigenvalue weighted by Gasteiger charge is 2.35. The Morgan fingerprint density at radius 1 is 1.13 bits per heavy atom. The molecule has 0 amide bonds. The van der Waals surface area contributed by atoms with Crippen LogP contribution in [0.4, 0.5) is 0 Å². The van der Waals surface area contributed by atoms with Crippen LogP contribution in [0.25, 0.3) is 28.1 Å². The molecule has 0 atom stereocenters. The maximum Gasteiger partial charge on any atom is 0.311 e. The highest BCUT2D eigenvalue weighted by molar-refractivity contribution is 6.46. The Balaban J connectivity index is 1.69. The molecule has 154 valence electrons. The summed E-state index contributed by atoms with van der Waals surface area (Å²) in [6.07, 6.45) is 1.85. The number of hydrogen-bond donors (Lipinski definition) is 2. The van der Waals surface area contributed by atoms with Crippen LogP contribution in [-0.4, -0.2) is 43.4 Å². The first-order valence-electron chi connectivity index (χ1n) is 9.90. The number of aliphatic hydroxyl groups is 1. The number of aromatic amines is 1. The van der Waals surface area contributed by atoms with Crippen molar-refractivity contribution in [3.8, 4) is 11.5 Å². The first-order valence-corrected chi connectivity index (χ1v) is 9.90. The van der Waals surface area contributed by atoms with Gasteiger partial charge in [0.1, 0.15) is 0 Å². The van der Waals surface area contributed by atoms with Crippen LogP contribution in [0.5, 0.6) is 0 Å². The molecule has 0 aliphatic rings. The number of H-pyrrole nitrogens is 1. The molecular weight excluding hydrogens is 379 g/mol. The lowest BCUT2D eigenvalue weighted by Gasteiger charge is -2.37. The lowest BCUT2D eigenvalue weighted by atomic mass is 9.83. The predicted molar refractivity (Wildman–Crippen MR) is 120 cm³/mol. The fourth-order valence-corrected chi connectivity index (χ4v) is 3.12. The molecule has 0 saturated carbocycles. The van der Waals surface area contributed by atoms with Crippen LogP contribution < -0.4 is 10.9 Å². The molecule has 0 fully saturated rings. The average molecular weight is 404 g/mol. The molecular formula is C22H25BN4O3. The van der Waals surface area contributed by atoms with Gasteiger partial charge in [-0.3, -0.25) is 4.79 Å². The lowest BCUT2D eigenvalue weighted by molar-refractivity contribution is -0.0893. The highest BCUT2D eigenvalue weighted by atomic mass is 16.5. The smallest absolute Gasteiger partial charge is 0.311 e. The van der Waals surface area contributed by atoms with Gasteiger partial charge in [-0.1, -0.05) is 18.2 Å². The SMILES string of the molecule is Cc1c(-c2nc3ccc(BOC(C)(C)C(C)(C)O)cn3n2)[nH]c2ccccc2c1=O. The molecule has 0 spiro atoms. The molecule has 1 aromatic carbocycles. The minimum absolute atomic E-state index is 0.0267. The Morgan fingerprint density at radius 2 is 1.87 bits per heavy atom. The summed E-state index contributed by atoms with van der Waals surface area (Å²) in [5.41, 5.74) is 1.81. The van der Waals surface area contributed by atoms with E-state index in [4.69, 9.17) is 4.65 Å². The van der Waals surface area contributed by atoms with Crippen molar-refractivity contribution in [3.05, 3.63) is 58.4 Å². The molecule has 4 aromatic rings. The summed E-state index contributed by atoms with van der Waals surface area (Å²) in [6, 6.07) is 11.2. The molecule has 0 aliphatic heterocycles. The summed E-state index contributed by atoms with van der Waals surface area (Å²) < 4.78 is 7.62. The van der Waals surface area contributed by atoms with E-state index in [2.05, 4.69) is 15.1 Å². The van der Waals surface area contributed by atoms with Gasteiger partial charge in [0.05, 0.1) is 16.9 Å². The van der Waals surface area contributed by atoms with E-state index in [0.29, 0.717) is 35.6 Å². The standard InChI is InChI=1S/C22H25BN4O3/c1-13-18(24-16-9-7-6-8-15(16)19(13)28)20-25-17-11-10-14(12-27(17)26-20)23-30-22(4,5)21(2,3)29/h6-12,23,29H,1-5H3,(H,24,28). The number of fused-ring (bicyclic) bond motifs is 2. The molecule has 2 N–H and O–H groups in total. The molecule has 4 rings (SSSR count). The Kier molecular flexibility index (Phi) is 4.79. The lowest BCUT2D eigenvalue weighted by Crippen LogP contribution is -2.49. The van der Waals surface area contributed by atoms with Crippen molar-refractivity contribution in [2.75, 3.05) is 0 Å². The van der Waals surface area contributed by atoms with Gasteiger partial charge in [-0.15, -0.1) is 5.10 Å². The van der Waals surface area contributed by atoms with Crippen molar-refractivity contribution < 1.29 is 9.76 Å². The second kappa shape index (κ2) is 7.07. The summed E-state index contributed by atoms with van der Waals surface area (Å²) in [4.78, 5) is 20.6. The minimum atomic E-state index is -0.975. The fraction of sp³-hybridized carbons (Fsp3) is 0.318. The maximum atomic E-state index is 12.7. The zero-order chi connectivity index (χ0) is 21.7. The largest absolute Gasteiger partial charge is 0.427 e. The van der Waals surface area contributed by atoms with Gasteiger partial charge >= 0.3 is 7.48 Å². The number of nitrogens with one attached hydrogen (secondary N) is 1. The van der Waals surface area contributed by atoms with Crippen molar-refractivity contribution >= 4 is 29.5 Å². The molecule has 8 heteroatoms. The van der Waals surface area contributed by atoms with E-state index in [-0.39, 0.29) is 5.43 Å². The number of rotatable bonds is 5. The van der Waals surface area contributed by atoms with E-state index >= 15 is 0 Å². The van der Waals surface area contributed by atoms with Gasteiger partial charge in [-0.25, -0.2) is 9.50 Å². The third-order valence-electron chi connectivity index (χ3n) is 5.84. The number of para-hydroxylation sites is 1. The number of aromatic nitrogens is 4. The van der Waals surface area contributed by atoms with Crippen molar-refractivity contribution in [1.82, 2.24) is 19.6 Å². The van der Waals surface area contributed by atoms with Crippen molar-refractivity contribution in [2.24, 2.45) is 0 Å². The zero-order valence-corrected chi connectivity index (χ0v) is 17.9. The van der Waals surface area contributed by atoms with Gasteiger partial charge < -0.3 is 14.7 Å². The van der Waals surface area contributed by atoms with E-state index < -0.39 is 11.2 Å². The second-order valence-corrected chi connectivity index (χ2v) is 8.63. The Labute approximate surface area is 175 Å². The molecule has 0 bridgehead atoms. The van der Waals surface area contributed by atoms with Gasteiger partial charge in [-0.05, 0) is 58.3 Å². The topological polar surface area (TPSA) is 92.5 Å². The average Bonchev–Trinajstić information content (AvgIpc) is 3.11. The number of hydrogen-bond acceptors (Lipinski definition) is 5. The first-order chi connectivity index (χ1) is 14.1. The number of nitrogens with zero attached hydrogens (tertiary/aromatic N) is 3. The van der Waals surface area contributed by atoms with Gasteiger partial charge in [-0.2, -0.15) is 0 Å². The Hall–Kier alpha value is -2.97. The van der Waals surface area contributed by atoms with E-state index in [1.165, 1.54) is 0 Å². The molecule has 30 heavy (non-hydrogen) atoms. The monoisotopic (exact) mass is 404 g/mol. The van der Waals surface area contributed by atoms with E-state index in [0.717, 1.165) is 11.0 Å².